The second-order valence-electron chi connectivity index (χ2n) is 14.7. The van der Waals surface area contributed by atoms with Gasteiger partial charge in [0.1, 0.15) is 22.7 Å². The van der Waals surface area contributed by atoms with Gasteiger partial charge in [0, 0.05) is 10.8 Å². The van der Waals surface area contributed by atoms with E-state index < -0.39 is 46.8 Å². The zero-order valence-electron chi connectivity index (χ0n) is 34.0. The zero-order valence-corrected chi connectivity index (χ0v) is 37.0. The maximum atomic E-state index is 13.7. The van der Waals surface area contributed by atoms with Gasteiger partial charge in [-0.2, -0.15) is 26.3 Å². The largest absolute Gasteiger partial charge is 0.505 e. The Labute approximate surface area is 400 Å². The lowest BCUT2D eigenvalue weighted by Gasteiger charge is -2.14. The molecule has 4 N–H and O–H groups in total. The Kier molecular flexibility index (Phi) is 13.1. The number of fused-ring (bicyclic) bond motifs is 2. The first-order valence-electron chi connectivity index (χ1n) is 19.6. The SMILES string of the molecule is O=C(Nc1ccc(-c2ccc(NC(=O)c3cc4ccccc4c(N=Nc4cc(C(F)(F)F)ccc4Cl)c3O)c(Cl)c2)cc1Cl)c1cc2ccccc2c(N=Nc2cc(C(F)(F)F)ccc2Cl)c1O. The number of phenolic OH excluding ortho intramolecular Hbond substituents is 2. The fourth-order valence-corrected chi connectivity index (χ4v) is 7.66. The molecule has 68 heavy (non-hydrogen) atoms. The van der Waals surface area contributed by atoms with E-state index in [1.165, 1.54) is 36.4 Å². The maximum absolute atomic E-state index is 13.7. The van der Waals surface area contributed by atoms with Crippen LogP contribution in [0.2, 0.25) is 20.1 Å². The van der Waals surface area contributed by atoms with Gasteiger partial charge in [-0.15, -0.1) is 20.5 Å². The molecule has 0 radical (unpaired) electrons. The van der Waals surface area contributed by atoms with Crippen LogP contribution in [0.4, 0.5) is 60.5 Å². The number of amides is 2. The average molecular weight is 1010 g/mol. The van der Waals surface area contributed by atoms with Crippen LogP contribution in [0, 0.1) is 0 Å². The number of nitrogens with zero attached hydrogens (tertiary/aromatic N) is 4. The lowest BCUT2D eigenvalue weighted by atomic mass is 10.0. The fraction of sp³-hybridized carbons (Fsp3) is 0.0417. The number of hydrogen-bond acceptors (Lipinski definition) is 8. The molecule has 0 aliphatic heterocycles. The van der Waals surface area contributed by atoms with Crippen molar-refractivity contribution in [2.75, 3.05) is 10.6 Å². The van der Waals surface area contributed by atoms with E-state index >= 15 is 0 Å². The van der Waals surface area contributed by atoms with E-state index in [1.807, 2.05) is 0 Å². The molecule has 342 valence electrons. The molecule has 0 aliphatic rings. The quantitative estimate of drug-likeness (QED) is 0.0842. The van der Waals surface area contributed by atoms with Crippen molar-refractivity contribution in [2.45, 2.75) is 12.4 Å². The Balaban J connectivity index is 1.02. The van der Waals surface area contributed by atoms with Crippen LogP contribution in [0.3, 0.4) is 0 Å². The minimum atomic E-state index is -4.68. The number of carbonyl (C=O) groups excluding carboxylic acids is 2. The van der Waals surface area contributed by atoms with Crippen LogP contribution in [0.15, 0.2) is 154 Å². The van der Waals surface area contributed by atoms with Gasteiger partial charge >= 0.3 is 12.4 Å². The summed E-state index contributed by atoms with van der Waals surface area (Å²) in [5.41, 5.74) is -2.27. The summed E-state index contributed by atoms with van der Waals surface area (Å²) in [5, 5.41) is 45.2. The molecule has 0 aromatic heterocycles. The van der Waals surface area contributed by atoms with Gasteiger partial charge in [0.15, 0.2) is 11.5 Å². The maximum Gasteiger partial charge on any atom is 0.416 e. The van der Waals surface area contributed by atoms with E-state index in [1.54, 1.807) is 60.7 Å². The second-order valence-corrected chi connectivity index (χ2v) is 16.3. The van der Waals surface area contributed by atoms with E-state index in [-0.39, 0.29) is 65.3 Å². The molecule has 20 heteroatoms. The highest BCUT2D eigenvalue weighted by Crippen LogP contribution is 2.44. The van der Waals surface area contributed by atoms with Crippen molar-refractivity contribution in [1.82, 2.24) is 0 Å². The Morgan fingerprint density at radius 2 is 0.838 bits per heavy atom. The Bertz CT molecular complexity index is 3200. The number of hydrogen-bond donors (Lipinski definition) is 4. The highest BCUT2D eigenvalue weighted by atomic mass is 35.5. The molecule has 0 saturated heterocycles. The van der Waals surface area contributed by atoms with Gasteiger partial charge in [-0.05, 0) is 94.7 Å². The summed E-state index contributed by atoms with van der Waals surface area (Å²) in [6, 6.07) is 30.1. The minimum absolute atomic E-state index is 0.0683. The van der Waals surface area contributed by atoms with Crippen LogP contribution < -0.4 is 10.6 Å². The highest BCUT2D eigenvalue weighted by Gasteiger charge is 2.32. The number of halogens is 10. The van der Waals surface area contributed by atoms with E-state index in [4.69, 9.17) is 46.4 Å². The molecular formula is C48H26Cl4F6N6O4. The van der Waals surface area contributed by atoms with E-state index in [2.05, 4.69) is 31.1 Å². The first kappa shape index (κ1) is 47.3. The third kappa shape index (κ3) is 9.89. The minimum Gasteiger partial charge on any atom is -0.505 e. The number of nitrogens with one attached hydrogen (secondary N) is 2. The van der Waals surface area contributed by atoms with Crippen molar-refractivity contribution in [1.29, 1.82) is 0 Å². The van der Waals surface area contributed by atoms with Crippen LogP contribution in [0.5, 0.6) is 11.5 Å². The second kappa shape index (κ2) is 18.8. The molecule has 8 aromatic carbocycles. The number of aromatic hydroxyl groups is 2. The molecule has 8 aromatic rings. The first-order valence-corrected chi connectivity index (χ1v) is 21.1. The molecule has 0 bridgehead atoms. The normalized spacial score (nSPS) is 12.1. The summed E-state index contributed by atoms with van der Waals surface area (Å²) in [5.74, 6) is -2.87. The molecule has 0 saturated carbocycles. The number of anilines is 2. The van der Waals surface area contributed by atoms with Crippen molar-refractivity contribution in [3.05, 3.63) is 176 Å². The van der Waals surface area contributed by atoms with Crippen molar-refractivity contribution in [3.63, 3.8) is 0 Å². The van der Waals surface area contributed by atoms with E-state index in [0.717, 1.165) is 24.3 Å². The van der Waals surface area contributed by atoms with Gasteiger partial charge in [0.2, 0.25) is 0 Å². The number of azo groups is 2. The van der Waals surface area contributed by atoms with Crippen LogP contribution in [0.1, 0.15) is 31.8 Å². The molecule has 0 spiro atoms. The molecule has 10 nitrogen and oxygen atoms in total. The molecular weight excluding hydrogens is 980 g/mol. The van der Waals surface area contributed by atoms with E-state index in [0.29, 0.717) is 44.8 Å². The number of phenols is 2. The van der Waals surface area contributed by atoms with Crippen molar-refractivity contribution < 1.29 is 46.1 Å². The number of rotatable bonds is 9. The van der Waals surface area contributed by atoms with Gasteiger partial charge < -0.3 is 20.8 Å². The summed E-state index contributed by atoms with van der Waals surface area (Å²) in [4.78, 5) is 27.4. The molecule has 8 rings (SSSR count). The van der Waals surface area contributed by atoms with Crippen LogP contribution >= 0.6 is 46.4 Å². The topological polar surface area (TPSA) is 148 Å². The Morgan fingerprint density at radius 1 is 0.456 bits per heavy atom. The molecule has 2 amide bonds. The van der Waals surface area contributed by atoms with Crippen molar-refractivity contribution >= 4 is 114 Å². The van der Waals surface area contributed by atoms with Gasteiger partial charge in [-0.3, -0.25) is 9.59 Å². The monoisotopic (exact) mass is 1000 g/mol. The fourth-order valence-electron chi connectivity index (χ4n) is 6.89. The summed E-state index contributed by atoms with van der Waals surface area (Å²) >= 11 is 25.5. The Hall–Kier alpha value is -7.24. The lowest BCUT2D eigenvalue weighted by molar-refractivity contribution is -0.138. The molecule has 0 atom stereocenters. The van der Waals surface area contributed by atoms with Crippen LogP contribution in [-0.4, -0.2) is 22.0 Å². The van der Waals surface area contributed by atoms with E-state index in [9.17, 15) is 46.1 Å². The number of alkyl halides is 6. The summed E-state index contributed by atoms with van der Waals surface area (Å²) in [6.45, 7) is 0. The smallest absolute Gasteiger partial charge is 0.416 e. The number of carbonyl (C=O) groups is 2. The van der Waals surface area contributed by atoms with Crippen molar-refractivity contribution in [3.8, 4) is 22.6 Å². The standard InChI is InChI=1S/C48H26Cl4F6N6O4/c49-33-13-11-27(47(53,54)55)21-39(33)61-63-41-29-7-3-1-5-25(29)17-31(43(41)65)45(67)59-37-15-9-23(19-35(37)51)24-10-16-38(36(52)20-24)60-46(68)32-18-26-6-2-4-8-30(26)42(44(32)66)64-62-40-22-28(48(56,57)58)12-14-34(40)50/h1-22,65-66H,(H,59,67)(H,60,68). The van der Waals surface area contributed by atoms with Gasteiger partial charge in [0.05, 0.1) is 53.7 Å². The third-order valence-electron chi connectivity index (χ3n) is 10.3. The summed E-state index contributed by atoms with van der Waals surface area (Å²) in [6.07, 6.45) is -9.37. The summed E-state index contributed by atoms with van der Waals surface area (Å²) in [7, 11) is 0. The zero-order chi connectivity index (χ0) is 48.7. The highest BCUT2D eigenvalue weighted by molar-refractivity contribution is 6.35. The van der Waals surface area contributed by atoms with Gasteiger partial charge in [-0.25, -0.2) is 0 Å². The van der Waals surface area contributed by atoms with Crippen LogP contribution in [-0.2, 0) is 12.4 Å². The lowest BCUT2D eigenvalue weighted by Crippen LogP contribution is -2.13. The first-order chi connectivity index (χ1) is 32.3. The van der Waals surface area contributed by atoms with Gasteiger partial charge in [-0.1, -0.05) is 107 Å². The summed E-state index contributed by atoms with van der Waals surface area (Å²) < 4.78 is 80.3. The third-order valence-corrected chi connectivity index (χ3v) is 11.6. The number of benzene rings is 8. The Morgan fingerprint density at radius 3 is 1.21 bits per heavy atom. The molecule has 0 fully saturated rings. The molecule has 0 unspecified atom stereocenters. The van der Waals surface area contributed by atoms with Crippen LogP contribution in [0.25, 0.3) is 32.7 Å². The van der Waals surface area contributed by atoms with Crippen molar-refractivity contribution in [2.24, 2.45) is 20.5 Å². The predicted octanol–water partition coefficient (Wildman–Crippen LogP) is 17.1. The molecule has 0 aliphatic carbocycles. The average Bonchev–Trinajstić information content (AvgIpc) is 3.29. The van der Waals surface area contributed by atoms with Gasteiger partial charge in [0.25, 0.3) is 11.8 Å². The molecule has 0 heterocycles. The predicted molar refractivity (Wildman–Crippen MR) is 250 cm³/mol.